The Bertz CT molecular complexity index is 1040. The van der Waals surface area contributed by atoms with Gasteiger partial charge in [0.05, 0.1) is 6.04 Å². The van der Waals surface area contributed by atoms with Crippen LogP contribution in [0.25, 0.3) is 12.2 Å². The molecular formula is C29H36N2O2. The third kappa shape index (κ3) is 8.93. The summed E-state index contributed by atoms with van der Waals surface area (Å²) in [6, 6.07) is 7.97. The van der Waals surface area contributed by atoms with Crippen LogP contribution in [0.15, 0.2) is 83.5 Å². The van der Waals surface area contributed by atoms with Crippen molar-refractivity contribution >= 4 is 24.0 Å². The molecule has 0 fully saturated rings. The van der Waals surface area contributed by atoms with E-state index < -0.39 is 0 Å². The molecule has 1 aromatic rings. The van der Waals surface area contributed by atoms with Crippen molar-refractivity contribution in [2.45, 2.75) is 53.6 Å². The maximum atomic E-state index is 12.7. The fourth-order valence-corrected chi connectivity index (χ4v) is 3.79. The molecule has 1 heterocycles. The van der Waals surface area contributed by atoms with Crippen LogP contribution in [0, 0.1) is 5.92 Å². The highest BCUT2D eigenvalue weighted by molar-refractivity contribution is 5.88. The molecule has 0 bridgehead atoms. The smallest absolute Gasteiger partial charge is 0.244 e. The van der Waals surface area contributed by atoms with Crippen LogP contribution in [-0.2, 0) is 9.59 Å². The Morgan fingerprint density at radius 3 is 2.42 bits per heavy atom. The number of allylic oxidation sites excluding steroid dienone is 6. The van der Waals surface area contributed by atoms with E-state index in [1.807, 2.05) is 51.1 Å². The minimum Gasteiger partial charge on any atom is -0.350 e. The van der Waals surface area contributed by atoms with Gasteiger partial charge in [-0.2, -0.15) is 0 Å². The molecule has 174 valence electrons. The normalized spacial score (nSPS) is 27.0. The first-order valence-corrected chi connectivity index (χ1v) is 11.4. The molecule has 4 heteroatoms. The van der Waals surface area contributed by atoms with E-state index in [2.05, 4.69) is 60.9 Å². The van der Waals surface area contributed by atoms with Gasteiger partial charge in [0, 0.05) is 19.0 Å². The lowest BCUT2D eigenvalue weighted by molar-refractivity contribution is -0.119. The maximum Gasteiger partial charge on any atom is 0.244 e. The van der Waals surface area contributed by atoms with E-state index in [9.17, 15) is 9.59 Å². The minimum absolute atomic E-state index is 0.0480. The average molecular weight is 445 g/mol. The Morgan fingerprint density at radius 2 is 1.73 bits per heavy atom. The zero-order chi connectivity index (χ0) is 24.4. The van der Waals surface area contributed by atoms with Crippen molar-refractivity contribution in [3.05, 3.63) is 94.6 Å². The number of carbonyl (C=O) groups is 2. The van der Waals surface area contributed by atoms with Crippen molar-refractivity contribution < 1.29 is 9.59 Å². The van der Waals surface area contributed by atoms with Crippen molar-refractivity contribution in [1.82, 2.24) is 10.6 Å². The van der Waals surface area contributed by atoms with Gasteiger partial charge in [-0.1, -0.05) is 96.5 Å². The highest BCUT2D eigenvalue weighted by Gasteiger charge is 2.19. The van der Waals surface area contributed by atoms with Gasteiger partial charge < -0.3 is 10.6 Å². The van der Waals surface area contributed by atoms with Gasteiger partial charge in [0.15, 0.2) is 0 Å². The molecule has 1 aliphatic heterocycles. The lowest BCUT2D eigenvalue weighted by Gasteiger charge is -2.25. The van der Waals surface area contributed by atoms with Crippen LogP contribution in [-0.4, -0.2) is 23.9 Å². The van der Waals surface area contributed by atoms with E-state index >= 15 is 0 Å². The second-order valence-electron chi connectivity index (χ2n) is 8.72. The van der Waals surface area contributed by atoms with E-state index in [0.29, 0.717) is 0 Å². The summed E-state index contributed by atoms with van der Waals surface area (Å²) in [5, 5.41) is 6.00. The molecule has 1 aliphatic rings. The second-order valence-corrected chi connectivity index (χ2v) is 8.72. The van der Waals surface area contributed by atoms with Crippen molar-refractivity contribution in [3.63, 3.8) is 0 Å². The fourth-order valence-electron chi connectivity index (χ4n) is 3.79. The summed E-state index contributed by atoms with van der Waals surface area (Å²) in [7, 11) is 0. The van der Waals surface area contributed by atoms with Crippen molar-refractivity contribution in [2.75, 3.05) is 0 Å². The number of amides is 2. The highest BCUT2D eigenvalue weighted by atomic mass is 16.2. The molecule has 0 aromatic heterocycles. The molecule has 2 N–H and O–H groups in total. The number of hydrogen-bond donors (Lipinski definition) is 2. The molecule has 0 radical (unpaired) electrons. The second kappa shape index (κ2) is 12.6. The van der Waals surface area contributed by atoms with Crippen molar-refractivity contribution in [2.24, 2.45) is 5.92 Å². The minimum atomic E-state index is -0.201. The Hall–Kier alpha value is -3.40. The zero-order valence-electron chi connectivity index (χ0n) is 20.6. The summed E-state index contributed by atoms with van der Waals surface area (Å²) in [6.07, 6.45) is 17.8. The van der Waals surface area contributed by atoms with Gasteiger partial charge in [-0.15, -0.1) is 0 Å². The Morgan fingerprint density at radius 1 is 1.03 bits per heavy atom. The molecule has 0 aliphatic carbocycles. The van der Waals surface area contributed by atoms with Crippen molar-refractivity contribution in [1.29, 1.82) is 0 Å². The SMILES string of the molecule is CC(=O)N[C@H](C)/C=C(\C)[C@@H]1NC(=O)/C=C/C=C(C)\C=C\c2ccccc2/C=C(C)/C=C/[C@H]1C. The number of nitrogens with one attached hydrogen (secondary N) is 2. The van der Waals surface area contributed by atoms with E-state index in [4.69, 9.17) is 0 Å². The van der Waals surface area contributed by atoms with E-state index in [1.54, 1.807) is 12.2 Å². The molecule has 0 saturated carbocycles. The van der Waals surface area contributed by atoms with Crippen LogP contribution in [0.2, 0.25) is 0 Å². The van der Waals surface area contributed by atoms with Gasteiger partial charge in [0.25, 0.3) is 0 Å². The van der Waals surface area contributed by atoms with E-state index in [1.165, 1.54) is 6.92 Å². The van der Waals surface area contributed by atoms with Crippen LogP contribution in [0.1, 0.15) is 52.7 Å². The largest absolute Gasteiger partial charge is 0.350 e. The monoisotopic (exact) mass is 444 g/mol. The summed E-state index contributed by atoms with van der Waals surface area (Å²) < 4.78 is 0. The molecule has 2 rings (SSSR count). The Balaban J connectivity index is 2.46. The quantitative estimate of drug-likeness (QED) is 0.582. The summed E-state index contributed by atoms with van der Waals surface area (Å²) in [5.74, 6) is -0.189. The highest BCUT2D eigenvalue weighted by Crippen LogP contribution is 2.19. The van der Waals surface area contributed by atoms with E-state index in [0.717, 1.165) is 27.8 Å². The molecule has 0 unspecified atom stereocenters. The van der Waals surface area contributed by atoms with Gasteiger partial charge in [-0.3, -0.25) is 9.59 Å². The molecule has 2 amide bonds. The number of benzene rings is 1. The number of carbonyl (C=O) groups excluding carboxylic acids is 2. The molecule has 4 nitrogen and oxygen atoms in total. The van der Waals surface area contributed by atoms with Gasteiger partial charge in [-0.05, 0) is 44.7 Å². The zero-order valence-corrected chi connectivity index (χ0v) is 20.6. The molecule has 33 heavy (non-hydrogen) atoms. The average Bonchev–Trinajstić information content (AvgIpc) is 2.74. The number of fused-ring (bicyclic) bond motifs is 1. The predicted octanol–water partition coefficient (Wildman–Crippen LogP) is 5.77. The van der Waals surface area contributed by atoms with Crippen molar-refractivity contribution in [3.8, 4) is 0 Å². The van der Waals surface area contributed by atoms with Crippen LogP contribution in [0.3, 0.4) is 0 Å². The lowest BCUT2D eigenvalue weighted by atomic mass is 9.92. The summed E-state index contributed by atoms with van der Waals surface area (Å²) in [6.45, 7) is 11.6. The van der Waals surface area contributed by atoms with Crippen LogP contribution in [0.4, 0.5) is 0 Å². The third-order valence-electron chi connectivity index (χ3n) is 5.43. The van der Waals surface area contributed by atoms with Gasteiger partial charge in [-0.25, -0.2) is 0 Å². The molecule has 0 spiro atoms. The standard InChI is InChI=1S/C29H36N2O2/c1-20-10-9-13-28(33)31-29(23(4)19-24(5)30-25(6)32)22(3)16-14-21(2)18-27-12-8-7-11-26(27)17-15-20/h7-19,22,24,29H,1-6H3,(H,30,32)(H,31,33)/b13-9+,16-14+,17-15+,20-10-,21-18+,23-19+/t22-,24-,29-/m1/s1. The topological polar surface area (TPSA) is 58.2 Å². The molecule has 3 atom stereocenters. The molecular weight excluding hydrogens is 408 g/mol. The van der Waals surface area contributed by atoms with Gasteiger partial charge in [0.2, 0.25) is 11.8 Å². The summed E-state index contributed by atoms with van der Waals surface area (Å²) in [5.41, 5.74) is 5.47. The Labute approximate surface area is 198 Å². The number of hydrogen-bond acceptors (Lipinski definition) is 2. The first kappa shape index (κ1) is 25.9. The van der Waals surface area contributed by atoms with Crippen LogP contribution >= 0.6 is 0 Å². The van der Waals surface area contributed by atoms with E-state index in [-0.39, 0.29) is 29.8 Å². The first-order chi connectivity index (χ1) is 15.7. The summed E-state index contributed by atoms with van der Waals surface area (Å²) >= 11 is 0. The summed E-state index contributed by atoms with van der Waals surface area (Å²) in [4.78, 5) is 24.1. The molecule has 0 saturated heterocycles. The third-order valence-corrected chi connectivity index (χ3v) is 5.43. The Kier molecular flexibility index (Phi) is 9.86. The molecule has 1 aromatic carbocycles. The fraction of sp³-hybridized carbons (Fsp3) is 0.310. The van der Waals surface area contributed by atoms with Gasteiger partial charge in [0.1, 0.15) is 0 Å². The maximum absolute atomic E-state index is 12.7. The van der Waals surface area contributed by atoms with Crippen LogP contribution in [0.5, 0.6) is 0 Å². The van der Waals surface area contributed by atoms with Crippen LogP contribution < -0.4 is 10.6 Å². The van der Waals surface area contributed by atoms with Gasteiger partial charge >= 0.3 is 0 Å². The first-order valence-electron chi connectivity index (χ1n) is 11.4. The number of rotatable bonds is 3. The predicted molar refractivity (Wildman–Crippen MR) is 139 cm³/mol. The lowest BCUT2D eigenvalue weighted by Crippen LogP contribution is -2.40.